The van der Waals surface area contributed by atoms with E-state index in [2.05, 4.69) is 36.2 Å². The predicted molar refractivity (Wildman–Crippen MR) is 77.3 cm³/mol. The largest absolute Gasteiger partial charge is 0.371 e. The monoisotopic (exact) mass is 244 g/mol. The highest BCUT2D eigenvalue weighted by atomic mass is 15.1. The molecule has 0 spiro atoms. The van der Waals surface area contributed by atoms with Gasteiger partial charge in [-0.2, -0.15) is 0 Å². The van der Waals surface area contributed by atoms with E-state index in [1.807, 2.05) is 0 Å². The van der Waals surface area contributed by atoms with Gasteiger partial charge in [-0.25, -0.2) is 0 Å². The zero-order valence-corrected chi connectivity index (χ0v) is 11.6. The van der Waals surface area contributed by atoms with Gasteiger partial charge in [0.15, 0.2) is 0 Å². The van der Waals surface area contributed by atoms with Crippen LogP contribution in [0.3, 0.4) is 0 Å². The van der Waals surface area contributed by atoms with Crippen molar-refractivity contribution in [1.29, 1.82) is 0 Å². The Morgan fingerprint density at radius 1 is 1.11 bits per heavy atom. The second kappa shape index (κ2) is 4.93. The summed E-state index contributed by atoms with van der Waals surface area (Å²) >= 11 is 0. The van der Waals surface area contributed by atoms with E-state index in [-0.39, 0.29) is 0 Å². The molecule has 0 unspecified atom stereocenters. The van der Waals surface area contributed by atoms with Gasteiger partial charge in [0.2, 0.25) is 0 Å². The van der Waals surface area contributed by atoms with Gasteiger partial charge in [0, 0.05) is 31.4 Å². The molecule has 0 saturated carbocycles. The fourth-order valence-corrected chi connectivity index (χ4v) is 3.30. The first-order valence-electron chi connectivity index (χ1n) is 7.37. The quantitative estimate of drug-likeness (QED) is 0.879. The lowest BCUT2D eigenvalue weighted by Gasteiger charge is -2.37. The van der Waals surface area contributed by atoms with Crippen molar-refractivity contribution < 1.29 is 0 Å². The van der Waals surface area contributed by atoms with E-state index in [0.717, 1.165) is 6.54 Å². The van der Waals surface area contributed by atoms with Gasteiger partial charge in [-0.15, -0.1) is 0 Å². The molecule has 1 aromatic carbocycles. The van der Waals surface area contributed by atoms with E-state index >= 15 is 0 Å². The van der Waals surface area contributed by atoms with Gasteiger partial charge in [0.1, 0.15) is 0 Å². The van der Waals surface area contributed by atoms with Crippen LogP contribution in [0.4, 0.5) is 5.69 Å². The molecule has 2 heteroatoms. The number of benzene rings is 1. The Kier molecular flexibility index (Phi) is 3.29. The Hall–Kier alpha value is -1.02. The fourth-order valence-electron chi connectivity index (χ4n) is 3.30. The molecule has 2 aliphatic heterocycles. The first kappa shape index (κ1) is 12.0. The second-order valence-electron chi connectivity index (χ2n) is 5.99. The van der Waals surface area contributed by atoms with Gasteiger partial charge in [-0.05, 0) is 42.4 Å². The van der Waals surface area contributed by atoms with E-state index in [0.29, 0.717) is 6.04 Å². The standard InChI is InChI=1S/C16H24N2/c1-12(2)17-11-13-9-14-5-3-7-18-8-4-6-15(10-13)16(14)18/h9-10,12,17H,3-8,11H2,1-2H3. The summed E-state index contributed by atoms with van der Waals surface area (Å²) in [5.41, 5.74) is 6.25. The zero-order chi connectivity index (χ0) is 12.5. The summed E-state index contributed by atoms with van der Waals surface area (Å²) in [5.74, 6) is 0. The predicted octanol–water partition coefficient (Wildman–Crippen LogP) is 2.88. The molecule has 0 radical (unpaired) electrons. The summed E-state index contributed by atoms with van der Waals surface area (Å²) in [6, 6.07) is 5.44. The maximum atomic E-state index is 3.54. The van der Waals surface area contributed by atoms with Gasteiger partial charge >= 0.3 is 0 Å². The van der Waals surface area contributed by atoms with Crippen LogP contribution in [0.1, 0.15) is 43.4 Å². The van der Waals surface area contributed by atoms with E-state index in [1.165, 1.54) is 44.3 Å². The van der Waals surface area contributed by atoms with Crippen molar-refractivity contribution in [3.8, 4) is 0 Å². The van der Waals surface area contributed by atoms with Crippen LogP contribution in [0.2, 0.25) is 0 Å². The van der Waals surface area contributed by atoms with E-state index in [1.54, 1.807) is 16.8 Å². The number of rotatable bonds is 3. The number of nitrogens with one attached hydrogen (secondary N) is 1. The minimum absolute atomic E-state index is 0.564. The van der Waals surface area contributed by atoms with Gasteiger partial charge in [0.05, 0.1) is 0 Å². The molecule has 1 N–H and O–H groups in total. The molecule has 2 nitrogen and oxygen atoms in total. The van der Waals surface area contributed by atoms with Crippen molar-refractivity contribution in [2.45, 2.75) is 52.1 Å². The lowest BCUT2D eigenvalue weighted by molar-refractivity contribution is 0.585. The molecule has 0 aromatic heterocycles. The summed E-state index contributed by atoms with van der Waals surface area (Å²) in [7, 11) is 0. The summed E-state index contributed by atoms with van der Waals surface area (Å²) in [4.78, 5) is 2.61. The van der Waals surface area contributed by atoms with Crippen LogP contribution in [0.5, 0.6) is 0 Å². The van der Waals surface area contributed by atoms with E-state index in [4.69, 9.17) is 0 Å². The number of hydrogen-bond acceptors (Lipinski definition) is 2. The topological polar surface area (TPSA) is 15.3 Å². The zero-order valence-electron chi connectivity index (χ0n) is 11.6. The lowest BCUT2D eigenvalue weighted by Crippen LogP contribution is -2.34. The third kappa shape index (κ3) is 2.26. The van der Waals surface area contributed by atoms with Crippen molar-refractivity contribution in [1.82, 2.24) is 5.32 Å². The second-order valence-corrected chi connectivity index (χ2v) is 5.99. The van der Waals surface area contributed by atoms with Crippen LogP contribution >= 0.6 is 0 Å². The van der Waals surface area contributed by atoms with Crippen LogP contribution in [-0.2, 0) is 19.4 Å². The molecule has 2 aliphatic rings. The highest BCUT2D eigenvalue weighted by Crippen LogP contribution is 2.35. The molecule has 0 atom stereocenters. The minimum atomic E-state index is 0.564. The van der Waals surface area contributed by atoms with Crippen LogP contribution in [0, 0.1) is 0 Å². The van der Waals surface area contributed by atoms with E-state index < -0.39 is 0 Å². The highest BCUT2D eigenvalue weighted by Gasteiger charge is 2.23. The summed E-state index contributed by atoms with van der Waals surface area (Å²) in [6.45, 7) is 7.97. The first-order chi connectivity index (χ1) is 8.74. The lowest BCUT2D eigenvalue weighted by atomic mass is 9.90. The fraction of sp³-hybridized carbons (Fsp3) is 0.625. The molecular weight excluding hydrogens is 220 g/mol. The third-order valence-corrected chi connectivity index (χ3v) is 4.11. The molecule has 2 heterocycles. The Morgan fingerprint density at radius 2 is 1.72 bits per heavy atom. The highest BCUT2D eigenvalue weighted by molar-refractivity contribution is 5.64. The number of anilines is 1. The van der Waals surface area contributed by atoms with E-state index in [9.17, 15) is 0 Å². The maximum Gasteiger partial charge on any atom is 0.0431 e. The van der Waals surface area contributed by atoms with Gasteiger partial charge in [-0.3, -0.25) is 0 Å². The third-order valence-electron chi connectivity index (χ3n) is 4.11. The molecule has 0 bridgehead atoms. The molecular formula is C16H24N2. The Labute approximate surface area is 110 Å². The first-order valence-corrected chi connectivity index (χ1v) is 7.37. The van der Waals surface area contributed by atoms with Crippen LogP contribution in [0.25, 0.3) is 0 Å². The average Bonchev–Trinajstić information content (AvgIpc) is 2.37. The van der Waals surface area contributed by atoms with Crippen molar-refractivity contribution in [2.24, 2.45) is 0 Å². The molecule has 0 aliphatic carbocycles. The summed E-state index contributed by atoms with van der Waals surface area (Å²) in [5, 5.41) is 3.54. The molecule has 18 heavy (non-hydrogen) atoms. The van der Waals surface area contributed by atoms with Gasteiger partial charge < -0.3 is 10.2 Å². The Bertz CT molecular complexity index is 406. The maximum absolute atomic E-state index is 3.54. The van der Waals surface area contributed by atoms with Crippen molar-refractivity contribution >= 4 is 5.69 Å². The molecule has 1 aromatic rings. The van der Waals surface area contributed by atoms with Gasteiger partial charge in [0.25, 0.3) is 0 Å². The Morgan fingerprint density at radius 3 is 2.28 bits per heavy atom. The number of nitrogens with zero attached hydrogens (tertiary/aromatic N) is 1. The van der Waals surface area contributed by atoms with Crippen molar-refractivity contribution in [3.63, 3.8) is 0 Å². The van der Waals surface area contributed by atoms with Crippen LogP contribution in [0.15, 0.2) is 12.1 Å². The van der Waals surface area contributed by atoms with Crippen molar-refractivity contribution in [3.05, 3.63) is 28.8 Å². The molecule has 0 amide bonds. The minimum Gasteiger partial charge on any atom is -0.371 e. The summed E-state index contributed by atoms with van der Waals surface area (Å²) in [6.07, 6.45) is 5.20. The number of hydrogen-bond donors (Lipinski definition) is 1. The molecule has 0 saturated heterocycles. The SMILES string of the molecule is CC(C)NCc1cc2c3c(c1)CCCN3CCC2. The van der Waals surface area contributed by atoms with Crippen LogP contribution in [-0.4, -0.2) is 19.1 Å². The van der Waals surface area contributed by atoms with Crippen molar-refractivity contribution in [2.75, 3.05) is 18.0 Å². The molecule has 3 rings (SSSR count). The Balaban J connectivity index is 1.91. The normalized spacial score (nSPS) is 18.1. The average molecular weight is 244 g/mol. The van der Waals surface area contributed by atoms with Crippen LogP contribution < -0.4 is 10.2 Å². The molecule has 98 valence electrons. The molecule has 0 fully saturated rings. The smallest absolute Gasteiger partial charge is 0.0431 e. The summed E-state index contributed by atoms with van der Waals surface area (Å²) < 4.78 is 0. The number of aryl methyl sites for hydroxylation is 2. The van der Waals surface area contributed by atoms with Gasteiger partial charge in [-0.1, -0.05) is 26.0 Å².